The predicted octanol–water partition coefficient (Wildman–Crippen LogP) is -1.36. The molecule has 1 aliphatic rings. The minimum atomic E-state index is -1.39. The van der Waals surface area contributed by atoms with Crippen molar-refractivity contribution < 1.29 is 19.7 Å². The molecule has 0 unspecified atom stereocenters. The average Bonchev–Trinajstić information content (AvgIpc) is 2.17. The van der Waals surface area contributed by atoms with Crippen LogP contribution in [-0.4, -0.2) is 55.6 Å². The molecule has 0 bridgehead atoms. The molecule has 4 atom stereocenters. The molecule has 0 aromatic rings. The van der Waals surface area contributed by atoms with Crippen molar-refractivity contribution >= 4 is 7.85 Å². The van der Waals surface area contributed by atoms with Gasteiger partial charge in [-0.25, -0.2) is 0 Å². The first-order valence-electron chi connectivity index (χ1n) is 3.80. The first kappa shape index (κ1) is 9.99. The van der Waals surface area contributed by atoms with Crippen LogP contribution >= 0.6 is 0 Å². The molecule has 0 amide bonds. The fraction of sp³-hybridized carbons (Fsp3) is 1.00. The van der Waals surface area contributed by atoms with Gasteiger partial charge < -0.3 is 19.7 Å². The van der Waals surface area contributed by atoms with Crippen LogP contribution in [0.5, 0.6) is 0 Å². The molecule has 5 heteroatoms. The van der Waals surface area contributed by atoms with E-state index in [9.17, 15) is 10.2 Å². The summed E-state index contributed by atoms with van der Waals surface area (Å²) in [6, 6.07) is -0.854. The smallest absolute Gasteiger partial charge is 0.113 e. The van der Waals surface area contributed by atoms with E-state index >= 15 is 0 Å². The van der Waals surface area contributed by atoms with Crippen LogP contribution in [0.2, 0.25) is 0 Å². The van der Waals surface area contributed by atoms with E-state index in [1.54, 1.807) is 0 Å². The van der Waals surface area contributed by atoms with Gasteiger partial charge in [-0.15, -0.1) is 0 Å². The van der Waals surface area contributed by atoms with Crippen LogP contribution in [0.15, 0.2) is 0 Å². The summed E-state index contributed by atoms with van der Waals surface area (Å²) in [5.41, 5.74) is -1.39. The number of aliphatic hydroxyl groups excluding tert-OH is 1. The van der Waals surface area contributed by atoms with E-state index in [0.29, 0.717) is 0 Å². The zero-order valence-electron chi connectivity index (χ0n) is 7.23. The first-order chi connectivity index (χ1) is 5.50. The van der Waals surface area contributed by atoms with Crippen molar-refractivity contribution in [3.05, 3.63) is 0 Å². The van der Waals surface area contributed by atoms with Gasteiger partial charge in [0.15, 0.2) is 0 Å². The Balaban J connectivity index is 2.63. The summed E-state index contributed by atoms with van der Waals surface area (Å²) in [4.78, 5) is 0. The van der Waals surface area contributed by atoms with Crippen molar-refractivity contribution in [2.75, 3.05) is 13.7 Å². The van der Waals surface area contributed by atoms with Crippen molar-refractivity contribution in [1.29, 1.82) is 0 Å². The summed E-state index contributed by atoms with van der Waals surface area (Å²) in [6.45, 7) is 1.67. The van der Waals surface area contributed by atoms with Gasteiger partial charge in [0, 0.05) is 13.1 Å². The Labute approximate surface area is 72.9 Å². The summed E-state index contributed by atoms with van der Waals surface area (Å²) in [5, 5.41) is 19.1. The van der Waals surface area contributed by atoms with E-state index in [2.05, 4.69) is 0 Å². The van der Waals surface area contributed by atoms with Gasteiger partial charge in [-0.3, -0.25) is 0 Å². The molecule has 0 aromatic carbocycles. The lowest BCUT2D eigenvalue weighted by Gasteiger charge is -2.24. The lowest BCUT2D eigenvalue weighted by atomic mass is 9.82. The maximum atomic E-state index is 9.57. The maximum Gasteiger partial charge on any atom is 0.113 e. The SMILES string of the molecule is [B][C@@H]1O[C@H](COC)[C@@H](O)[C@@]1(C)O. The van der Waals surface area contributed by atoms with E-state index in [0.717, 1.165) is 0 Å². The highest BCUT2D eigenvalue weighted by atomic mass is 16.6. The van der Waals surface area contributed by atoms with Gasteiger partial charge in [-0.05, 0) is 6.92 Å². The monoisotopic (exact) mass is 172 g/mol. The molecular formula is C7H13BO4. The summed E-state index contributed by atoms with van der Waals surface area (Å²) in [6.07, 6.45) is -1.53. The average molecular weight is 172 g/mol. The van der Waals surface area contributed by atoms with E-state index in [4.69, 9.17) is 17.3 Å². The molecule has 1 aliphatic heterocycles. The molecule has 2 N–H and O–H groups in total. The normalized spacial score (nSPS) is 48.2. The van der Waals surface area contributed by atoms with Gasteiger partial charge in [0.2, 0.25) is 0 Å². The lowest BCUT2D eigenvalue weighted by molar-refractivity contribution is -0.0494. The van der Waals surface area contributed by atoms with Crippen LogP contribution in [-0.2, 0) is 9.47 Å². The standard InChI is InChI=1S/C7H13BO4/c1-7(10)5(9)4(3-11-2)12-6(7)8/h4-6,9-10H,3H2,1-2H3/t4-,5-,6-,7-/m1/s1. The highest BCUT2D eigenvalue weighted by Gasteiger charge is 2.48. The third-order valence-corrected chi connectivity index (χ3v) is 2.18. The number of ether oxygens (including phenoxy) is 2. The molecule has 0 spiro atoms. The highest BCUT2D eigenvalue weighted by Crippen LogP contribution is 2.28. The largest absolute Gasteiger partial charge is 0.387 e. The van der Waals surface area contributed by atoms with Crippen molar-refractivity contribution in [1.82, 2.24) is 0 Å². The van der Waals surface area contributed by atoms with Gasteiger partial charge in [0.05, 0.1) is 6.61 Å². The van der Waals surface area contributed by atoms with Gasteiger partial charge in [0.1, 0.15) is 25.7 Å². The Kier molecular flexibility index (Phi) is 2.78. The van der Waals surface area contributed by atoms with Gasteiger partial charge in [0.25, 0.3) is 0 Å². The molecule has 68 valence electrons. The molecular weight excluding hydrogens is 159 g/mol. The topological polar surface area (TPSA) is 58.9 Å². The van der Waals surface area contributed by atoms with Crippen LogP contribution in [0.25, 0.3) is 0 Å². The molecule has 12 heavy (non-hydrogen) atoms. The molecule has 0 aliphatic carbocycles. The Hall–Kier alpha value is -0.0951. The molecule has 4 nitrogen and oxygen atoms in total. The number of rotatable bonds is 2. The third kappa shape index (κ3) is 1.50. The van der Waals surface area contributed by atoms with Gasteiger partial charge >= 0.3 is 0 Å². The number of hydrogen-bond acceptors (Lipinski definition) is 4. The summed E-state index contributed by atoms with van der Waals surface area (Å²) < 4.78 is 9.87. The molecule has 0 saturated carbocycles. The van der Waals surface area contributed by atoms with E-state index < -0.39 is 23.8 Å². The molecule has 1 rings (SSSR count). The summed E-state index contributed by atoms with van der Waals surface area (Å²) in [5.74, 6) is 0. The van der Waals surface area contributed by atoms with Crippen molar-refractivity contribution in [2.24, 2.45) is 0 Å². The molecule has 0 aromatic heterocycles. The van der Waals surface area contributed by atoms with E-state index in [1.165, 1.54) is 14.0 Å². The van der Waals surface area contributed by atoms with Crippen LogP contribution in [0.1, 0.15) is 6.92 Å². The first-order valence-corrected chi connectivity index (χ1v) is 3.80. The molecule has 2 radical (unpaired) electrons. The number of aliphatic hydroxyl groups is 2. The second-order valence-corrected chi connectivity index (χ2v) is 3.22. The quantitative estimate of drug-likeness (QED) is 0.505. The lowest BCUT2D eigenvalue weighted by Crippen LogP contribution is -2.46. The molecule has 1 saturated heterocycles. The second kappa shape index (κ2) is 3.34. The van der Waals surface area contributed by atoms with Crippen LogP contribution in [0.4, 0.5) is 0 Å². The Bertz CT molecular complexity index is 161. The van der Waals surface area contributed by atoms with Gasteiger partial charge in [-0.1, -0.05) is 0 Å². The van der Waals surface area contributed by atoms with Crippen molar-refractivity contribution in [2.45, 2.75) is 30.7 Å². The maximum absolute atomic E-state index is 9.57. The molecule has 1 heterocycles. The Morgan fingerprint density at radius 3 is 2.58 bits per heavy atom. The fourth-order valence-electron chi connectivity index (χ4n) is 1.24. The van der Waals surface area contributed by atoms with Gasteiger partial charge in [-0.2, -0.15) is 0 Å². The minimum Gasteiger partial charge on any atom is -0.387 e. The van der Waals surface area contributed by atoms with Crippen LogP contribution < -0.4 is 0 Å². The summed E-state index contributed by atoms with van der Waals surface area (Å²) in [7, 11) is 6.93. The Morgan fingerprint density at radius 2 is 2.25 bits per heavy atom. The Morgan fingerprint density at radius 1 is 1.67 bits per heavy atom. The third-order valence-electron chi connectivity index (χ3n) is 2.18. The van der Waals surface area contributed by atoms with Crippen molar-refractivity contribution in [3.63, 3.8) is 0 Å². The summed E-state index contributed by atoms with van der Waals surface area (Å²) >= 11 is 0. The van der Waals surface area contributed by atoms with E-state index in [-0.39, 0.29) is 6.61 Å². The zero-order valence-corrected chi connectivity index (χ0v) is 7.23. The predicted molar refractivity (Wildman–Crippen MR) is 42.9 cm³/mol. The molecule has 1 fully saturated rings. The van der Waals surface area contributed by atoms with Crippen molar-refractivity contribution in [3.8, 4) is 0 Å². The zero-order chi connectivity index (χ0) is 9.35. The highest BCUT2D eigenvalue weighted by molar-refractivity contribution is 6.12. The van der Waals surface area contributed by atoms with Crippen LogP contribution in [0.3, 0.4) is 0 Å². The number of methoxy groups -OCH3 is 1. The minimum absolute atomic E-state index is 0.227. The van der Waals surface area contributed by atoms with E-state index in [1.807, 2.05) is 0 Å². The van der Waals surface area contributed by atoms with Crippen LogP contribution in [0, 0.1) is 0 Å². The fourth-order valence-corrected chi connectivity index (χ4v) is 1.24. The number of hydrogen-bond donors (Lipinski definition) is 2. The second-order valence-electron chi connectivity index (χ2n) is 3.22.